The second-order valence-electron chi connectivity index (χ2n) is 9.23. The summed E-state index contributed by atoms with van der Waals surface area (Å²) in [5.74, 6) is 0.868. The molecule has 3 aliphatic rings. The van der Waals surface area contributed by atoms with Crippen LogP contribution in [0, 0.1) is 0 Å². The van der Waals surface area contributed by atoms with E-state index in [0.717, 1.165) is 42.0 Å². The summed E-state index contributed by atoms with van der Waals surface area (Å²) in [5, 5.41) is 44.9. The van der Waals surface area contributed by atoms with E-state index in [9.17, 15) is 20.4 Å². The van der Waals surface area contributed by atoms with Crippen LogP contribution in [-0.4, -0.2) is 63.1 Å². The molecular formula is C24H28ClNO6. The van der Waals surface area contributed by atoms with Crippen molar-refractivity contribution in [3.8, 4) is 5.75 Å². The Morgan fingerprint density at radius 1 is 1.09 bits per heavy atom. The number of anilines is 1. The van der Waals surface area contributed by atoms with Crippen molar-refractivity contribution in [1.29, 1.82) is 0 Å². The van der Waals surface area contributed by atoms with Crippen LogP contribution in [0.4, 0.5) is 5.69 Å². The molecule has 1 unspecified atom stereocenters. The van der Waals surface area contributed by atoms with Gasteiger partial charge in [0.05, 0.1) is 18.3 Å². The average Bonchev–Trinajstić information content (AvgIpc) is 3.52. The van der Waals surface area contributed by atoms with Crippen molar-refractivity contribution in [3.05, 3.63) is 58.1 Å². The van der Waals surface area contributed by atoms with Gasteiger partial charge in [0.1, 0.15) is 41.9 Å². The van der Waals surface area contributed by atoms with Crippen LogP contribution in [0.5, 0.6) is 5.75 Å². The highest BCUT2D eigenvalue weighted by atomic mass is 35.5. The van der Waals surface area contributed by atoms with Crippen molar-refractivity contribution >= 4 is 17.3 Å². The molecule has 32 heavy (non-hydrogen) atoms. The Kier molecular flexibility index (Phi) is 5.60. The highest BCUT2D eigenvalue weighted by molar-refractivity contribution is 6.31. The Bertz CT molecular complexity index is 1010. The third-order valence-electron chi connectivity index (χ3n) is 6.70. The van der Waals surface area contributed by atoms with Gasteiger partial charge in [0.15, 0.2) is 0 Å². The van der Waals surface area contributed by atoms with Gasteiger partial charge in [-0.05, 0) is 61.1 Å². The van der Waals surface area contributed by atoms with Crippen molar-refractivity contribution < 1.29 is 29.9 Å². The van der Waals surface area contributed by atoms with Gasteiger partial charge in [-0.25, -0.2) is 0 Å². The molecule has 1 saturated carbocycles. The van der Waals surface area contributed by atoms with Crippen molar-refractivity contribution in [1.82, 2.24) is 0 Å². The van der Waals surface area contributed by atoms with Crippen molar-refractivity contribution in [3.63, 3.8) is 0 Å². The maximum Gasteiger partial charge on any atom is 0.143 e. The van der Waals surface area contributed by atoms with E-state index in [1.54, 1.807) is 12.1 Å². The lowest BCUT2D eigenvalue weighted by Gasteiger charge is -2.42. The van der Waals surface area contributed by atoms with Crippen molar-refractivity contribution in [2.45, 2.75) is 68.4 Å². The summed E-state index contributed by atoms with van der Waals surface area (Å²) in [7, 11) is 0. The summed E-state index contributed by atoms with van der Waals surface area (Å²) in [4.78, 5) is 0. The Labute approximate surface area is 191 Å². The third-order valence-corrected chi connectivity index (χ3v) is 7.07. The molecule has 2 aromatic rings. The summed E-state index contributed by atoms with van der Waals surface area (Å²) in [6.45, 7) is 2.29. The molecule has 0 aromatic heterocycles. The van der Waals surface area contributed by atoms with Crippen LogP contribution in [0.1, 0.15) is 42.6 Å². The fourth-order valence-corrected chi connectivity index (χ4v) is 4.75. The molecule has 2 aliphatic heterocycles. The Morgan fingerprint density at radius 2 is 1.88 bits per heavy atom. The molecule has 0 amide bonds. The van der Waals surface area contributed by atoms with Gasteiger partial charge in [-0.2, -0.15) is 0 Å². The van der Waals surface area contributed by atoms with Gasteiger partial charge < -0.3 is 35.2 Å². The summed E-state index contributed by atoms with van der Waals surface area (Å²) in [5.41, 5.74) is 3.45. The maximum absolute atomic E-state index is 10.5. The third kappa shape index (κ3) is 3.98. The number of benzene rings is 2. The van der Waals surface area contributed by atoms with Crippen LogP contribution in [0.25, 0.3) is 0 Å². The number of fused-ring (bicyclic) bond motifs is 1. The molecule has 7 nitrogen and oxygen atoms in total. The lowest BCUT2D eigenvalue weighted by Crippen LogP contribution is -2.57. The lowest BCUT2D eigenvalue weighted by molar-refractivity contribution is -0.243. The minimum Gasteiger partial charge on any atom is -0.483 e. The summed E-state index contributed by atoms with van der Waals surface area (Å²) >= 11 is 6.47. The number of halogens is 1. The van der Waals surface area contributed by atoms with E-state index >= 15 is 0 Å². The molecule has 6 atom stereocenters. The van der Waals surface area contributed by atoms with E-state index in [4.69, 9.17) is 21.1 Å². The van der Waals surface area contributed by atoms with E-state index in [1.807, 2.05) is 18.2 Å². The first-order valence-electron chi connectivity index (χ1n) is 11.0. The topological polar surface area (TPSA) is 111 Å². The molecule has 1 saturated heterocycles. The van der Waals surface area contributed by atoms with Crippen LogP contribution >= 0.6 is 11.6 Å². The van der Waals surface area contributed by atoms with Gasteiger partial charge in [-0.1, -0.05) is 29.8 Å². The molecule has 0 bridgehead atoms. The Hall–Kier alpha value is -1.87. The molecule has 8 heteroatoms. The number of nitrogens with one attached hydrogen (secondary N) is 1. The monoisotopic (exact) mass is 461 g/mol. The van der Waals surface area contributed by atoms with Gasteiger partial charge in [0.2, 0.25) is 0 Å². The second-order valence-corrected chi connectivity index (χ2v) is 9.64. The highest BCUT2D eigenvalue weighted by Crippen LogP contribution is 2.46. The van der Waals surface area contributed by atoms with E-state index in [2.05, 4.69) is 11.4 Å². The number of hydrogen-bond acceptors (Lipinski definition) is 7. The SMILES string of the molecule is CC(O)[C@H]1O[C@@H](c2ccc(Cl)c(Cc3ccc4c(c3)NCC3(CC3)O4)c2)[C@H](O)[C@@H](O)[C@@H]1O. The average molecular weight is 462 g/mol. The standard InChI is InChI=1S/C24H28ClNO6/c1-12(27)22-20(29)19(28)21(30)23(31-22)14-3-4-16(25)15(10-14)8-13-2-5-18-17(9-13)26-11-24(32-18)6-7-24/h2-5,9-10,12,19-23,26-30H,6-8,11H2,1H3/t12?,19-,20-,21+,22+,23-/m0/s1. The van der Waals surface area contributed by atoms with Crippen LogP contribution < -0.4 is 10.1 Å². The normalized spacial score (nSPS) is 31.4. The molecule has 0 radical (unpaired) electrons. The molecule has 2 aromatic carbocycles. The molecule has 5 N–H and O–H groups in total. The van der Waals surface area contributed by atoms with E-state index < -0.39 is 36.6 Å². The summed E-state index contributed by atoms with van der Waals surface area (Å²) in [6, 6.07) is 11.3. The zero-order valence-corrected chi connectivity index (χ0v) is 18.5. The predicted molar refractivity (Wildman–Crippen MR) is 119 cm³/mol. The van der Waals surface area contributed by atoms with Crippen LogP contribution in [0.3, 0.4) is 0 Å². The molecule has 172 valence electrons. The molecule has 1 aliphatic carbocycles. The molecular weight excluding hydrogens is 434 g/mol. The second kappa shape index (κ2) is 8.17. The van der Waals surface area contributed by atoms with Crippen LogP contribution in [0.15, 0.2) is 36.4 Å². The molecule has 1 spiro atoms. The minimum atomic E-state index is -1.44. The molecule has 5 rings (SSSR count). The van der Waals surface area contributed by atoms with Crippen LogP contribution in [-0.2, 0) is 11.2 Å². The van der Waals surface area contributed by atoms with Gasteiger partial charge in [-0.3, -0.25) is 0 Å². The van der Waals surface area contributed by atoms with Gasteiger partial charge in [0.25, 0.3) is 0 Å². The molecule has 2 heterocycles. The molecule has 2 fully saturated rings. The summed E-state index contributed by atoms with van der Waals surface area (Å²) < 4.78 is 11.9. The summed E-state index contributed by atoms with van der Waals surface area (Å²) in [6.07, 6.45) is -4.37. The number of hydrogen-bond donors (Lipinski definition) is 5. The van der Waals surface area contributed by atoms with E-state index in [0.29, 0.717) is 17.0 Å². The minimum absolute atomic E-state index is 0.0188. The smallest absolute Gasteiger partial charge is 0.143 e. The number of aliphatic hydroxyl groups is 4. The Balaban J connectivity index is 1.38. The van der Waals surface area contributed by atoms with E-state index in [1.165, 1.54) is 6.92 Å². The van der Waals surface area contributed by atoms with Crippen molar-refractivity contribution in [2.75, 3.05) is 11.9 Å². The van der Waals surface area contributed by atoms with Gasteiger partial charge >= 0.3 is 0 Å². The zero-order chi connectivity index (χ0) is 22.6. The van der Waals surface area contributed by atoms with E-state index in [-0.39, 0.29) is 5.60 Å². The fraction of sp³-hybridized carbons (Fsp3) is 0.500. The first-order chi connectivity index (χ1) is 15.3. The fourth-order valence-electron chi connectivity index (χ4n) is 4.57. The maximum atomic E-state index is 10.5. The number of aliphatic hydroxyl groups excluding tert-OH is 4. The number of rotatable bonds is 4. The lowest BCUT2D eigenvalue weighted by atomic mass is 9.88. The number of ether oxygens (including phenoxy) is 2. The first-order valence-corrected chi connectivity index (χ1v) is 11.4. The van der Waals surface area contributed by atoms with Gasteiger partial charge in [0, 0.05) is 5.02 Å². The first kappa shape index (κ1) is 21.9. The zero-order valence-electron chi connectivity index (χ0n) is 17.7. The van der Waals surface area contributed by atoms with Crippen LogP contribution in [0.2, 0.25) is 5.02 Å². The van der Waals surface area contributed by atoms with Gasteiger partial charge in [-0.15, -0.1) is 0 Å². The van der Waals surface area contributed by atoms with Crippen molar-refractivity contribution in [2.24, 2.45) is 0 Å². The predicted octanol–water partition coefficient (Wildman–Crippen LogP) is 2.17. The quantitative estimate of drug-likeness (QED) is 0.474. The highest BCUT2D eigenvalue weighted by Gasteiger charge is 2.48. The Morgan fingerprint density at radius 3 is 2.59 bits per heavy atom. The largest absolute Gasteiger partial charge is 0.483 e.